The van der Waals surface area contributed by atoms with Crippen molar-refractivity contribution in [2.45, 2.75) is 25.5 Å². The Labute approximate surface area is 146 Å². The standard InChI is InChI=1S/C18H23N5O2/c1-12-5-13(21-7-14(25)11-24)10-23(9-12)17-8-22-16(6-19)18-15(17)3-2-4-20-18/h2-4,8,12-14,21,24-25H,5,7,9-11H2,1H3/t12-,13+,14?/m1/s1. The van der Waals surface area contributed by atoms with Crippen molar-refractivity contribution in [3.8, 4) is 6.07 Å². The molecule has 1 aliphatic heterocycles. The van der Waals surface area contributed by atoms with E-state index in [2.05, 4.69) is 33.2 Å². The molecule has 0 spiro atoms. The maximum Gasteiger partial charge on any atom is 0.166 e. The Bertz CT molecular complexity index is 776. The van der Waals surface area contributed by atoms with Crippen molar-refractivity contribution in [3.05, 3.63) is 30.2 Å². The largest absolute Gasteiger partial charge is 0.394 e. The first kappa shape index (κ1) is 17.5. The quantitative estimate of drug-likeness (QED) is 0.733. The highest BCUT2D eigenvalue weighted by Gasteiger charge is 2.26. The lowest BCUT2D eigenvalue weighted by Gasteiger charge is -2.39. The van der Waals surface area contributed by atoms with Gasteiger partial charge in [0.1, 0.15) is 11.6 Å². The number of aromatic nitrogens is 2. The molecule has 1 fully saturated rings. The number of rotatable bonds is 5. The molecule has 2 aromatic rings. The summed E-state index contributed by atoms with van der Waals surface area (Å²) in [6.07, 6.45) is 3.69. The van der Waals surface area contributed by atoms with Crippen LogP contribution in [0.4, 0.5) is 5.69 Å². The van der Waals surface area contributed by atoms with Crippen LogP contribution in [0, 0.1) is 17.2 Å². The third-order valence-corrected chi connectivity index (χ3v) is 4.58. The van der Waals surface area contributed by atoms with Crippen LogP contribution in [0.25, 0.3) is 10.9 Å². The third-order valence-electron chi connectivity index (χ3n) is 4.58. The predicted molar refractivity (Wildman–Crippen MR) is 95.1 cm³/mol. The van der Waals surface area contributed by atoms with E-state index in [-0.39, 0.29) is 12.6 Å². The fourth-order valence-electron chi connectivity index (χ4n) is 3.45. The molecule has 0 saturated carbocycles. The van der Waals surface area contributed by atoms with Crippen LogP contribution in [0.15, 0.2) is 24.5 Å². The number of hydrogen-bond donors (Lipinski definition) is 3. The first-order valence-electron chi connectivity index (χ1n) is 8.53. The van der Waals surface area contributed by atoms with Crippen molar-refractivity contribution in [2.75, 3.05) is 31.1 Å². The van der Waals surface area contributed by atoms with Crippen molar-refractivity contribution in [2.24, 2.45) is 5.92 Å². The van der Waals surface area contributed by atoms with E-state index in [4.69, 9.17) is 5.11 Å². The summed E-state index contributed by atoms with van der Waals surface area (Å²) in [4.78, 5) is 10.9. The van der Waals surface area contributed by atoms with Crippen molar-refractivity contribution in [3.63, 3.8) is 0 Å². The fraction of sp³-hybridized carbons (Fsp3) is 0.500. The molecular weight excluding hydrogens is 318 g/mol. The first-order valence-corrected chi connectivity index (χ1v) is 8.53. The summed E-state index contributed by atoms with van der Waals surface area (Å²) in [7, 11) is 0. The molecule has 1 saturated heterocycles. The van der Waals surface area contributed by atoms with E-state index in [9.17, 15) is 10.4 Å². The minimum Gasteiger partial charge on any atom is -0.394 e. The van der Waals surface area contributed by atoms with Crippen molar-refractivity contribution >= 4 is 16.6 Å². The molecule has 3 heterocycles. The molecule has 7 nitrogen and oxygen atoms in total. The molecule has 1 aliphatic rings. The van der Waals surface area contributed by atoms with Crippen LogP contribution < -0.4 is 10.2 Å². The fourth-order valence-corrected chi connectivity index (χ4v) is 3.45. The van der Waals surface area contributed by atoms with E-state index in [0.717, 1.165) is 30.6 Å². The molecule has 3 N–H and O–H groups in total. The Hall–Kier alpha value is -2.27. The number of hydrogen-bond acceptors (Lipinski definition) is 7. The van der Waals surface area contributed by atoms with Gasteiger partial charge in [0, 0.05) is 37.3 Å². The molecule has 0 radical (unpaired) electrons. The van der Waals surface area contributed by atoms with Gasteiger partial charge in [0.2, 0.25) is 0 Å². The van der Waals surface area contributed by atoms with Crippen LogP contribution in [-0.2, 0) is 0 Å². The number of fused-ring (bicyclic) bond motifs is 1. The Morgan fingerprint density at radius 1 is 1.44 bits per heavy atom. The lowest BCUT2D eigenvalue weighted by molar-refractivity contribution is 0.0905. The van der Waals surface area contributed by atoms with Crippen LogP contribution in [-0.4, -0.2) is 58.6 Å². The summed E-state index contributed by atoms with van der Waals surface area (Å²) < 4.78 is 0. The van der Waals surface area contributed by atoms with Gasteiger partial charge in [-0.1, -0.05) is 6.92 Å². The number of nitrogens with zero attached hydrogens (tertiary/aromatic N) is 4. The lowest BCUT2D eigenvalue weighted by atomic mass is 9.95. The summed E-state index contributed by atoms with van der Waals surface area (Å²) in [6.45, 7) is 4.00. The number of aliphatic hydroxyl groups excluding tert-OH is 2. The van der Waals surface area contributed by atoms with Crippen LogP contribution in [0.3, 0.4) is 0 Å². The summed E-state index contributed by atoms with van der Waals surface area (Å²) in [6, 6.07) is 6.15. The maximum absolute atomic E-state index is 9.56. The second-order valence-electron chi connectivity index (χ2n) is 6.69. The second-order valence-corrected chi connectivity index (χ2v) is 6.69. The minimum absolute atomic E-state index is 0.215. The SMILES string of the molecule is C[C@@H]1C[C@H](NCC(O)CO)CN(c2cnc(C#N)c3ncccc23)C1. The van der Waals surface area contributed by atoms with Gasteiger partial charge < -0.3 is 20.4 Å². The zero-order valence-electron chi connectivity index (χ0n) is 14.3. The van der Waals surface area contributed by atoms with Gasteiger partial charge in [0.25, 0.3) is 0 Å². The van der Waals surface area contributed by atoms with Gasteiger partial charge in [-0.05, 0) is 24.5 Å². The van der Waals surface area contributed by atoms with Crippen LogP contribution >= 0.6 is 0 Å². The number of pyridine rings is 2. The number of nitrogens with one attached hydrogen (secondary N) is 1. The molecule has 1 unspecified atom stereocenters. The van der Waals surface area contributed by atoms with Gasteiger partial charge in [-0.2, -0.15) is 5.26 Å². The summed E-state index contributed by atoms with van der Waals surface area (Å²) in [5.41, 5.74) is 1.94. The molecule has 0 amide bonds. The Balaban J connectivity index is 1.86. The third kappa shape index (κ3) is 3.87. The highest BCUT2D eigenvalue weighted by molar-refractivity contribution is 5.93. The Morgan fingerprint density at radius 2 is 2.28 bits per heavy atom. The van der Waals surface area contributed by atoms with Crippen molar-refractivity contribution < 1.29 is 10.2 Å². The molecule has 0 aliphatic carbocycles. The van der Waals surface area contributed by atoms with Gasteiger partial charge in [0.05, 0.1) is 24.6 Å². The second kappa shape index (κ2) is 7.74. The molecule has 7 heteroatoms. The highest BCUT2D eigenvalue weighted by Crippen LogP contribution is 2.30. The van der Waals surface area contributed by atoms with Crippen LogP contribution in [0.2, 0.25) is 0 Å². The van der Waals surface area contributed by atoms with Gasteiger partial charge >= 0.3 is 0 Å². The summed E-state index contributed by atoms with van der Waals surface area (Å²) in [5, 5.41) is 32.0. The summed E-state index contributed by atoms with van der Waals surface area (Å²) in [5.74, 6) is 0.472. The highest BCUT2D eigenvalue weighted by atomic mass is 16.3. The van der Waals surface area contributed by atoms with Crippen LogP contribution in [0.5, 0.6) is 0 Å². The van der Waals surface area contributed by atoms with Gasteiger partial charge in [-0.25, -0.2) is 4.98 Å². The number of aliphatic hydroxyl groups is 2. The van der Waals surface area contributed by atoms with E-state index >= 15 is 0 Å². The molecule has 0 bridgehead atoms. The molecule has 3 atom stereocenters. The van der Waals surface area contributed by atoms with Gasteiger partial charge in [-0.15, -0.1) is 0 Å². The van der Waals surface area contributed by atoms with E-state index in [1.54, 1.807) is 12.4 Å². The number of piperidine rings is 1. The first-order chi connectivity index (χ1) is 12.1. The lowest BCUT2D eigenvalue weighted by Crippen LogP contribution is -2.50. The average Bonchev–Trinajstić information content (AvgIpc) is 2.64. The van der Waals surface area contributed by atoms with E-state index in [1.807, 2.05) is 12.1 Å². The predicted octanol–water partition coefficient (Wildman–Crippen LogP) is 0.659. The zero-order chi connectivity index (χ0) is 17.8. The van der Waals surface area contributed by atoms with Crippen molar-refractivity contribution in [1.29, 1.82) is 5.26 Å². The summed E-state index contributed by atoms with van der Waals surface area (Å²) >= 11 is 0. The molecule has 0 aromatic carbocycles. The normalized spacial score (nSPS) is 21.9. The van der Waals surface area contributed by atoms with Crippen molar-refractivity contribution in [1.82, 2.24) is 15.3 Å². The molecule has 2 aromatic heterocycles. The molecule has 25 heavy (non-hydrogen) atoms. The van der Waals surface area contributed by atoms with E-state index in [0.29, 0.717) is 23.7 Å². The monoisotopic (exact) mass is 341 g/mol. The maximum atomic E-state index is 9.56. The van der Waals surface area contributed by atoms with Gasteiger partial charge in [-0.3, -0.25) is 4.98 Å². The Kier molecular flexibility index (Phi) is 5.43. The average molecular weight is 341 g/mol. The van der Waals surface area contributed by atoms with E-state index < -0.39 is 6.10 Å². The topological polar surface area (TPSA) is 105 Å². The zero-order valence-corrected chi connectivity index (χ0v) is 14.3. The molecule has 132 valence electrons. The number of anilines is 1. The molecule has 3 rings (SSSR count). The smallest absolute Gasteiger partial charge is 0.166 e. The molecular formula is C18H23N5O2. The minimum atomic E-state index is -0.743. The van der Waals surface area contributed by atoms with Gasteiger partial charge in [0.15, 0.2) is 5.69 Å². The Morgan fingerprint density at radius 3 is 3.04 bits per heavy atom. The number of nitriles is 1. The van der Waals surface area contributed by atoms with E-state index in [1.165, 1.54) is 0 Å². The van der Waals surface area contributed by atoms with Crippen LogP contribution in [0.1, 0.15) is 19.0 Å².